The molecule has 2 nitrogen and oxygen atoms in total. The number of nitrogens with zero attached hydrogens (tertiary/aromatic N) is 1. The SMILES string of the molecule is OCc1ccc2nc(-c3cccc(Br)c3)sc2c1. The molecule has 1 aromatic heterocycles. The molecular formula is C14H10BrNOS. The average Bonchev–Trinajstić information content (AvgIpc) is 2.81. The third-order valence-electron chi connectivity index (χ3n) is 2.71. The van der Waals surface area contributed by atoms with Crippen molar-refractivity contribution in [3.05, 3.63) is 52.5 Å². The van der Waals surface area contributed by atoms with Crippen LogP contribution < -0.4 is 0 Å². The first-order valence-electron chi connectivity index (χ1n) is 5.52. The molecule has 0 saturated carbocycles. The van der Waals surface area contributed by atoms with Crippen LogP contribution >= 0.6 is 27.3 Å². The number of thiazole rings is 1. The van der Waals surface area contributed by atoms with Crippen molar-refractivity contribution in [2.45, 2.75) is 6.61 Å². The molecule has 0 amide bonds. The van der Waals surface area contributed by atoms with Crippen LogP contribution in [0.1, 0.15) is 5.56 Å². The summed E-state index contributed by atoms with van der Waals surface area (Å²) in [6, 6.07) is 14.0. The van der Waals surface area contributed by atoms with E-state index in [0.717, 1.165) is 30.8 Å². The van der Waals surface area contributed by atoms with Gasteiger partial charge in [-0.15, -0.1) is 11.3 Å². The molecule has 0 spiro atoms. The molecule has 0 saturated heterocycles. The van der Waals surface area contributed by atoms with E-state index in [1.165, 1.54) is 0 Å². The lowest BCUT2D eigenvalue weighted by molar-refractivity contribution is 0.282. The molecule has 90 valence electrons. The smallest absolute Gasteiger partial charge is 0.124 e. The Labute approximate surface area is 117 Å². The second-order valence-corrected chi connectivity index (χ2v) is 5.94. The fourth-order valence-corrected chi connectivity index (χ4v) is 3.24. The second kappa shape index (κ2) is 4.80. The number of rotatable bonds is 2. The maximum atomic E-state index is 9.14. The van der Waals surface area contributed by atoms with Crippen LogP contribution in [0.2, 0.25) is 0 Å². The summed E-state index contributed by atoms with van der Waals surface area (Å²) in [6.45, 7) is 0.0695. The summed E-state index contributed by atoms with van der Waals surface area (Å²) < 4.78 is 2.16. The lowest BCUT2D eigenvalue weighted by Crippen LogP contribution is -1.80. The van der Waals surface area contributed by atoms with Crippen LogP contribution in [0.3, 0.4) is 0 Å². The first kappa shape index (κ1) is 11.8. The summed E-state index contributed by atoms with van der Waals surface area (Å²) in [5.41, 5.74) is 3.01. The highest BCUT2D eigenvalue weighted by molar-refractivity contribution is 9.10. The van der Waals surface area contributed by atoms with Crippen molar-refractivity contribution in [3.8, 4) is 10.6 Å². The van der Waals surface area contributed by atoms with Crippen LogP contribution in [0.5, 0.6) is 0 Å². The largest absolute Gasteiger partial charge is 0.392 e. The highest BCUT2D eigenvalue weighted by Crippen LogP contribution is 2.31. The van der Waals surface area contributed by atoms with Gasteiger partial charge >= 0.3 is 0 Å². The van der Waals surface area contributed by atoms with Gasteiger partial charge in [0.15, 0.2) is 0 Å². The molecule has 0 aliphatic heterocycles. The van der Waals surface area contributed by atoms with E-state index in [0.29, 0.717) is 0 Å². The van der Waals surface area contributed by atoms with Crippen LogP contribution in [0.25, 0.3) is 20.8 Å². The summed E-state index contributed by atoms with van der Waals surface area (Å²) in [5, 5.41) is 10.1. The Morgan fingerprint density at radius 2 is 2.06 bits per heavy atom. The summed E-state index contributed by atoms with van der Waals surface area (Å²) in [4.78, 5) is 4.62. The van der Waals surface area contributed by atoms with Crippen LogP contribution in [0.15, 0.2) is 46.9 Å². The van der Waals surface area contributed by atoms with Gasteiger partial charge in [-0.3, -0.25) is 0 Å². The first-order chi connectivity index (χ1) is 8.76. The van der Waals surface area contributed by atoms with E-state index in [4.69, 9.17) is 5.11 Å². The monoisotopic (exact) mass is 319 g/mol. The zero-order chi connectivity index (χ0) is 12.5. The maximum absolute atomic E-state index is 9.14. The van der Waals surface area contributed by atoms with Crippen LogP contribution in [0.4, 0.5) is 0 Å². The van der Waals surface area contributed by atoms with E-state index in [9.17, 15) is 0 Å². The second-order valence-electron chi connectivity index (χ2n) is 3.99. The number of aromatic nitrogens is 1. The van der Waals surface area contributed by atoms with E-state index < -0.39 is 0 Å². The molecule has 0 radical (unpaired) electrons. The van der Waals surface area contributed by atoms with Crippen LogP contribution in [0, 0.1) is 0 Å². The number of hydrogen-bond acceptors (Lipinski definition) is 3. The molecule has 4 heteroatoms. The topological polar surface area (TPSA) is 33.1 Å². The van der Waals surface area contributed by atoms with Gasteiger partial charge in [0.2, 0.25) is 0 Å². The molecule has 2 aromatic carbocycles. The summed E-state index contributed by atoms with van der Waals surface area (Å²) in [6.07, 6.45) is 0. The van der Waals surface area contributed by atoms with E-state index in [-0.39, 0.29) is 6.61 Å². The Hall–Kier alpha value is -1.23. The van der Waals surface area contributed by atoms with Crippen molar-refractivity contribution in [3.63, 3.8) is 0 Å². The zero-order valence-electron chi connectivity index (χ0n) is 9.43. The Bertz CT molecular complexity index is 708. The lowest BCUT2D eigenvalue weighted by Gasteiger charge is -1.95. The van der Waals surface area contributed by atoms with Gasteiger partial charge in [0.25, 0.3) is 0 Å². The number of halogens is 1. The van der Waals surface area contributed by atoms with Gasteiger partial charge in [-0.1, -0.05) is 34.1 Å². The maximum Gasteiger partial charge on any atom is 0.124 e. The summed E-state index contributed by atoms with van der Waals surface area (Å²) in [7, 11) is 0. The Morgan fingerprint density at radius 1 is 1.17 bits per heavy atom. The van der Waals surface area contributed by atoms with Crippen molar-refractivity contribution in [2.24, 2.45) is 0 Å². The van der Waals surface area contributed by atoms with Gasteiger partial charge in [0.05, 0.1) is 16.8 Å². The van der Waals surface area contributed by atoms with E-state index >= 15 is 0 Å². The van der Waals surface area contributed by atoms with Gasteiger partial charge in [-0.25, -0.2) is 4.98 Å². The zero-order valence-corrected chi connectivity index (χ0v) is 11.8. The minimum atomic E-state index is 0.0695. The predicted molar refractivity (Wildman–Crippen MR) is 78.7 cm³/mol. The standard InChI is InChI=1S/C14H10BrNOS/c15-11-3-1-2-10(7-11)14-16-12-5-4-9(8-17)6-13(12)18-14/h1-7,17H,8H2. The highest BCUT2D eigenvalue weighted by Gasteiger charge is 2.07. The fraction of sp³-hybridized carbons (Fsp3) is 0.0714. The van der Waals surface area contributed by atoms with E-state index in [1.54, 1.807) is 11.3 Å². The van der Waals surface area contributed by atoms with Crippen molar-refractivity contribution in [1.29, 1.82) is 0 Å². The summed E-state index contributed by atoms with van der Waals surface area (Å²) >= 11 is 5.12. The Kier molecular flexibility index (Phi) is 3.16. The van der Waals surface area contributed by atoms with Gasteiger partial charge in [0, 0.05) is 10.0 Å². The van der Waals surface area contributed by atoms with E-state index in [1.807, 2.05) is 30.3 Å². The number of fused-ring (bicyclic) bond motifs is 1. The third-order valence-corrected chi connectivity index (χ3v) is 4.27. The summed E-state index contributed by atoms with van der Waals surface area (Å²) in [5.74, 6) is 0. The number of aliphatic hydroxyl groups excluding tert-OH is 1. The van der Waals surface area contributed by atoms with Crippen LogP contribution in [-0.2, 0) is 6.61 Å². The Balaban J connectivity index is 2.13. The quantitative estimate of drug-likeness (QED) is 0.767. The van der Waals surface area contributed by atoms with Crippen molar-refractivity contribution < 1.29 is 5.11 Å². The number of aliphatic hydroxyl groups is 1. The predicted octanol–water partition coefficient (Wildman–Crippen LogP) is 4.22. The van der Waals surface area contributed by atoms with Crippen LogP contribution in [-0.4, -0.2) is 10.1 Å². The van der Waals surface area contributed by atoms with Crippen molar-refractivity contribution >= 4 is 37.5 Å². The molecule has 18 heavy (non-hydrogen) atoms. The average molecular weight is 320 g/mol. The lowest BCUT2D eigenvalue weighted by atomic mass is 10.2. The molecule has 0 fully saturated rings. The minimum absolute atomic E-state index is 0.0695. The van der Waals surface area contributed by atoms with Gasteiger partial charge in [-0.05, 0) is 29.8 Å². The number of benzene rings is 2. The fourth-order valence-electron chi connectivity index (χ4n) is 1.81. The molecule has 0 aliphatic rings. The minimum Gasteiger partial charge on any atom is -0.392 e. The molecule has 3 aromatic rings. The van der Waals surface area contributed by atoms with Gasteiger partial charge in [-0.2, -0.15) is 0 Å². The molecule has 3 rings (SSSR count). The molecule has 0 unspecified atom stereocenters. The van der Waals surface area contributed by atoms with Gasteiger partial charge < -0.3 is 5.11 Å². The third kappa shape index (κ3) is 2.19. The van der Waals surface area contributed by atoms with E-state index in [2.05, 4.69) is 33.0 Å². The molecular weight excluding hydrogens is 310 g/mol. The van der Waals surface area contributed by atoms with Gasteiger partial charge in [0.1, 0.15) is 5.01 Å². The first-order valence-corrected chi connectivity index (χ1v) is 7.13. The van der Waals surface area contributed by atoms with Crippen molar-refractivity contribution in [1.82, 2.24) is 4.98 Å². The highest BCUT2D eigenvalue weighted by atomic mass is 79.9. The normalized spacial score (nSPS) is 11.0. The molecule has 0 bridgehead atoms. The molecule has 1 heterocycles. The molecule has 1 N–H and O–H groups in total. The number of hydrogen-bond donors (Lipinski definition) is 1. The molecule has 0 atom stereocenters. The molecule has 0 aliphatic carbocycles. The van der Waals surface area contributed by atoms with Crippen molar-refractivity contribution in [2.75, 3.05) is 0 Å². The Morgan fingerprint density at radius 3 is 2.83 bits per heavy atom.